The average molecular weight is 243 g/mol. The summed E-state index contributed by atoms with van der Waals surface area (Å²) in [5.74, 6) is -0.698. The zero-order valence-corrected chi connectivity index (χ0v) is 11.3. The van der Waals surface area contributed by atoms with Gasteiger partial charge in [0.1, 0.15) is 0 Å². The van der Waals surface area contributed by atoms with Gasteiger partial charge in [-0.2, -0.15) is 0 Å². The second-order valence-electron chi connectivity index (χ2n) is 5.47. The first-order valence-corrected chi connectivity index (χ1v) is 6.07. The predicted octanol–water partition coefficient (Wildman–Crippen LogP) is 1.70. The van der Waals surface area contributed by atoms with Crippen molar-refractivity contribution >= 4 is 11.7 Å². The summed E-state index contributed by atoms with van der Waals surface area (Å²) >= 11 is 0. The van der Waals surface area contributed by atoms with Crippen molar-refractivity contribution in [1.82, 2.24) is 5.32 Å². The van der Waals surface area contributed by atoms with E-state index in [-0.39, 0.29) is 17.2 Å². The largest absolute Gasteiger partial charge is 0.409 e. The van der Waals surface area contributed by atoms with Gasteiger partial charge in [0.15, 0.2) is 5.84 Å². The van der Waals surface area contributed by atoms with Gasteiger partial charge < -0.3 is 16.3 Å². The third kappa shape index (κ3) is 6.81. The molecule has 0 bridgehead atoms. The summed E-state index contributed by atoms with van der Waals surface area (Å²) in [7, 11) is 0. The van der Waals surface area contributed by atoms with Crippen LogP contribution in [-0.4, -0.2) is 23.5 Å². The molecule has 0 aliphatic rings. The quantitative estimate of drug-likeness (QED) is 0.287. The highest BCUT2D eigenvalue weighted by molar-refractivity contribution is 6.01. The van der Waals surface area contributed by atoms with E-state index in [2.05, 4.69) is 31.2 Å². The standard InChI is InChI=1S/C12H25N3O2/c1-5-6-9(10(13)15-17)11(16)14-8-7-12(2,3)4/h9,17H,5-8H2,1-4H3,(H2,13,15)(H,14,16). The molecule has 100 valence electrons. The summed E-state index contributed by atoms with van der Waals surface area (Å²) in [6.07, 6.45) is 2.30. The molecule has 4 N–H and O–H groups in total. The Bertz CT molecular complexity index is 269. The fraction of sp³-hybridized carbons (Fsp3) is 0.833. The molecule has 0 aromatic carbocycles. The predicted molar refractivity (Wildman–Crippen MR) is 68.9 cm³/mol. The molecular weight excluding hydrogens is 218 g/mol. The lowest BCUT2D eigenvalue weighted by atomic mass is 9.92. The minimum absolute atomic E-state index is 0.0138. The van der Waals surface area contributed by atoms with Gasteiger partial charge in [-0.1, -0.05) is 39.3 Å². The number of nitrogens with one attached hydrogen (secondary N) is 1. The van der Waals surface area contributed by atoms with Gasteiger partial charge in [-0.05, 0) is 18.3 Å². The molecule has 5 nitrogen and oxygen atoms in total. The number of amidine groups is 1. The molecule has 0 aliphatic carbocycles. The van der Waals surface area contributed by atoms with Crippen LogP contribution in [0.2, 0.25) is 0 Å². The van der Waals surface area contributed by atoms with Crippen molar-refractivity contribution in [2.75, 3.05) is 6.54 Å². The molecule has 0 spiro atoms. The average Bonchev–Trinajstić information content (AvgIpc) is 2.22. The summed E-state index contributed by atoms with van der Waals surface area (Å²) in [4.78, 5) is 11.8. The summed E-state index contributed by atoms with van der Waals surface area (Å²) in [6, 6.07) is 0. The molecule has 1 amide bonds. The van der Waals surface area contributed by atoms with Crippen molar-refractivity contribution in [1.29, 1.82) is 0 Å². The summed E-state index contributed by atoms with van der Waals surface area (Å²) in [5.41, 5.74) is 5.69. The van der Waals surface area contributed by atoms with Crippen LogP contribution in [0.25, 0.3) is 0 Å². The molecule has 17 heavy (non-hydrogen) atoms. The monoisotopic (exact) mass is 243 g/mol. The van der Waals surface area contributed by atoms with Gasteiger partial charge in [0.25, 0.3) is 0 Å². The van der Waals surface area contributed by atoms with Gasteiger partial charge >= 0.3 is 0 Å². The van der Waals surface area contributed by atoms with Crippen molar-refractivity contribution in [3.8, 4) is 0 Å². The van der Waals surface area contributed by atoms with E-state index >= 15 is 0 Å². The number of oxime groups is 1. The Morgan fingerprint density at radius 2 is 2.06 bits per heavy atom. The van der Waals surface area contributed by atoms with E-state index in [4.69, 9.17) is 10.9 Å². The van der Waals surface area contributed by atoms with E-state index in [1.807, 2.05) is 6.92 Å². The fourth-order valence-corrected chi connectivity index (χ4v) is 1.46. The molecule has 0 aromatic heterocycles. The van der Waals surface area contributed by atoms with Gasteiger partial charge in [-0.3, -0.25) is 4.79 Å². The molecule has 0 aromatic rings. The van der Waals surface area contributed by atoms with E-state index in [0.717, 1.165) is 12.8 Å². The molecule has 0 radical (unpaired) electrons. The Morgan fingerprint density at radius 1 is 1.47 bits per heavy atom. The van der Waals surface area contributed by atoms with Crippen molar-refractivity contribution in [3.05, 3.63) is 0 Å². The van der Waals surface area contributed by atoms with Crippen LogP contribution in [0.5, 0.6) is 0 Å². The third-order valence-electron chi connectivity index (χ3n) is 2.54. The number of carbonyl (C=O) groups is 1. The second-order valence-corrected chi connectivity index (χ2v) is 5.47. The number of nitrogens with two attached hydrogens (primary N) is 1. The maximum Gasteiger partial charge on any atom is 0.230 e. The Kier molecular flexibility index (Phi) is 6.61. The first kappa shape index (κ1) is 15.7. The first-order chi connectivity index (χ1) is 7.81. The molecule has 0 rings (SSSR count). The van der Waals surface area contributed by atoms with Gasteiger partial charge in [0.05, 0.1) is 5.92 Å². The van der Waals surface area contributed by atoms with Crippen molar-refractivity contribution < 1.29 is 10.0 Å². The Balaban J connectivity index is 4.25. The van der Waals surface area contributed by atoms with Crippen molar-refractivity contribution in [2.24, 2.45) is 22.2 Å². The molecular formula is C12H25N3O2. The van der Waals surface area contributed by atoms with Crippen LogP contribution in [0, 0.1) is 11.3 Å². The third-order valence-corrected chi connectivity index (χ3v) is 2.54. The summed E-state index contributed by atoms with van der Waals surface area (Å²) in [5, 5.41) is 14.4. The van der Waals surface area contributed by atoms with E-state index in [9.17, 15) is 4.79 Å². The lowest BCUT2D eigenvalue weighted by Crippen LogP contribution is -2.39. The number of hydrogen-bond donors (Lipinski definition) is 3. The minimum Gasteiger partial charge on any atom is -0.409 e. The Morgan fingerprint density at radius 3 is 2.47 bits per heavy atom. The van der Waals surface area contributed by atoms with Crippen molar-refractivity contribution in [2.45, 2.75) is 47.0 Å². The molecule has 0 aliphatic heterocycles. The number of hydrogen-bond acceptors (Lipinski definition) is 3. The molecule has 0 heterocycles. The van der Waals surface area contributed by atoms with E-state index in [1.54, 1.807) is 0 Å². The van der Waals surface area contributed by atoms with Crippen LogP contribution < -0.4 is 11.1 Å². The Labute approximate surface area is 103 Å². The molecule has 1 unspecified atom stereocenters. The van der Waals surface area contributed by atoms with E-state index in [1.165, 1.54) is 0 Å². The summed E-state index contributed by atoms with van der Waals surface area (Å²) < 4.78 is 0. The van der Waals surface area contributed by atoms with Crippen LogP contribution in [0.3, 0.4) is 0 Å². The zero-order valence-electron chi connectivity index (χ0n) is 11.3. The topological polar surface area (TPSA) is 87.7 Å². The maximum absolute atomic E-state index is 11.8. The molecule has 1 atom stereocenters. The highest BCUT2D eigenvalue weighted by Crippen LogP contribution is 2.17. The smallest absolute Gasteiger partial charge is 0.230 e. The first-order valence-electron chi connectivity index (χ1n) is 6.07. The van der Waals surface area contributed by atoms with Crippen molar-refractivity contribution in [3.63, 3.8) is 0 Å². The molecule has 0 saturated heterocycles. The van der Waals surface area contributed by atoms with Gasteiger partial charge in [-0.15, -0.1) is 0 Å². The fourth-order valence-electron chi connectivity index (χ4n) is 1.46. The van der Waals surface area contributed by atoms with Crippen LogP contribution >= 0.6 is 0 Å². The van der Waals surface area contributed by atoms with Gasteiger partial charge in [0.2, 0.25) is 5.91 Å². The van der Waals surface area contributed by atoms with Crippen LogP contribution in [0.1, 0.15) is 47.0 Å². The lowest BCUT2D eigenvalue weighted by Gasteiger charge is -2.20. The van der Waals surface area contributed by atoms with Crippen LogP contribution in [-0.2, 0) is 4.79 Å². The molecule has 0 saturated carbocycles. The SMILES string of the molecule is CCCC(C(=O)NCCC(C)(C)C)C(N)=NO. The number of rotatable bonds is 6. The highest BCUT2D eigenvalue weighted by atomic mass is 16.4. The number of nitrogens with zero attached hydrogens (tertiary/aromatic N) is 1. The van der Waals surface area contributed by atoms with Crippen LogP contribution in [0.4, 0.5) is 0 Å². The highest BCUT2D eigenvalue weighted by Gasteiger charge is 2.22. The second kappa shape index (κ2) is 7.14. The van der Waals surface area contributed by atoms with Gasteiger partial charge in [0, 0.05) is 6.54 Å². The maximum atomic E-state index is 11.8. The number of carbonyl (C=O) groups excluding carboxylic acids is 1. The zero-order chi connectivity index (χ0) is 13.5. The van der Waals surface area contributed by atoms with Gasteiger partial charge in [-0.25, -0.2) is 0 Å². The normalized spacial score (nSPS) is 14.5. The van der Waals surface area contributed by atoms with Crippen LogP contribution in [0.15, 0.2) is 5.16 Å². The van der Waals surface area contributed by atoms with E-state index < -0.39 is 5.92 Å². The minimum atomic E-state index is -0.523. The Hall–Kier alpha value is -1.26. The van der Waals surface area contributed by atoms with E-state index in [0.29, 0.717) is 13.0 Å². The number of amides is 1. The summed E-state index contributed by atoms with van der Waals surface area (Å²) in [6.45, 7) is 8.92. The lowest BCUT2D eigenvalue weighted by molar-refractivity contribution is -0.123. The molecule has 5 heteroatoms. The molecule has 0 fully saturated rings.